The Bertz CT molecular complexity index is 612. The van der Waals surface area contributed by atoms with E-state index in [-0.39, 0.29) is 15.8 Å². The number of rotatable bonds is 4. The first-order valence-electron chi connectivity index (χ1n) is 5.75. The van der Waals surface area contributed by atoms with Gasteiger partial charge in [0.1, 0.15) is 5.75 Å². The van der Waals surface area contributed by atoms with Crippen molar-refractivity contribution < 1.29 is 9.84 Å². The van der Waals surface area contributed by atoms with E-state index in [4.69, 9.17) is 27.9 Å². The van der Waals surface area contributed by atoms with Gasteiger partial charge in [-0.25, -0.2) is 0 Å². The van der Waals surface area contributed by atoms with Gasteiger partial charge in [0.25, 0.3) is 0 Å². The van der Waals surface area contributed by atoms with Crippen molar-refractivity contribution in [3.8, 4) is 11.5 Å². The number of phenols is 1. The van der Waals surface area contributed by atoms with Crippen LogP contribution in [0.3, 0.4) is 0 Å². The molecule has 20 heavy (non-hydrogen) atoms. The summed E-state index contributed by atoms with van der Waals surface area (Å²) in [4.78, 5) is 0. The predicted octanol–water partition coefficient (Wildman–Crippen LogP) is 5.08. The van der Waals surface area contributed by atoms with Crippen LogP contribution in [0.2, 0.25) is 10.0 Å². The number of hydrogen-bond acceptors (Lipinski definition) is 3. The molecule has 0 bridgehead atoms. The Morgan fingerprint density at radius 2 is 1.85 bits per heavy atom. The Kier molecular flexibility index (Phi) is 5.02. The smallest absolute Gasteiger partial charge is 0.152 e. The summed E-state index contributed by atoms with van der Waals surface area (Å²) < 4.78 is 6.07. The van der Waals surface area contributed by atoms with Crippen LogP contribution in [-0.4, -0.2) is 12.2 Å². The van der Waals surface area contributed by atoms with Crippen LogP contribution in [0.4, 0.5) is 5.69 Å². The van der Waals surface area contributed by atoms with E-state index in [1.54, 1.807) is 19.2 Å². The van der Waals surface area contributed by atoms with E-state index in [1.807, 2.05) is 18.2 Å². The first-order chi connectivity index (χ1) is 9.51. The zero-order valence-electron chi connectivity index (χ0n) is 10.6. The summed E-state index contributed by atoms with van der Waals surface area (Å²) in [7, 11) is 1.62. The molecule has 0 radical (unpaired) electrons. The maximum absolute atomic E-state index is 9.50. The third-order valence-corrected chi connectivity index (χ3v) is 3.93. The summed E-state index contributed by atoms with van der Waals surface area (Å²) in [5, 5.41) is 13.1. The van der Waals surface area contributed by atoms with Crippen LogP contribution in [0.25, 0.3) is 0 Å². The van der Waals surface area contributed by atoms with Crippen molar-refractivity contribution in [3.63, 3.8) is 0 Å². The molecule has 2 aromatic carbocycles. The van der Waals surface area contributed by atoms with Crippen LogP contribution in [0.1, 0.15) is 5.56 Å². The van der Waals surface area contributed by atoms with Gasteiger partial charge in [-0.1, -0.05) is 29.3 Å². The van der Waals surface area contributed by atoms with E-state index in [1.165, 1.54) is 0 Å². The Labute approximate surface area is 135 Å². The molecule has 0 aliphatic rings. The molecular formula is C14H12BrCl2NO2. The van der Waals surface area contributed by atoms with Crippen molar-refractivity contribution >= 4 is 44.8 Å². The fourth-order valence-corrected chi connectivity index (χ4v) is 2.77. The molecule has 3 nitrogen and oxygen atoms in total. The second-order valence-corrected chi connectivity index (χ2v) is 5.78. The lowest BCUT2D eigenvalue weighted by atomic mass is 10.2. The molecule has 0 atom stereocenters. The highest BCUT2D eigenvalue weighted by Crippen LogP contribution is 2.35. The number of anilines is 1. The summed E-state index contributed by atoms with van der Waals surface area (Å²) in [5.41, 5.74) is 1.81. The van der Waals surface area contributed by atoms with Crippen LogP contribution in [0.5, 0.6) is 11.5 Å². The summed E-state index contributed by atoms with van der Waals surface area (Å²) >= 11 is 15.2. The van der Waals surface area contributed by atoms with Gasteiger partial charge in [0, 0.05) is 12.2 Å². The molecule has 0 spiro atoms. The monoisotopic (exact) mass is 375 g/mol. The van der Waals surface area contributed by atoms with Crippen molar-refractivity contribution in [1.82, 2.24) is 0 Å². The van der Waals surface area contributed by atoms with Crippen LogP contribution in [-0.2, 0) is 6.54 Å². The van der Waals surface area contributed by atoms with Gasteiger partial charge >= 0.3 is 0 Å². The Morgan fingerprint density at radius 1 is 1.20 bits per heavy atom. The molecule has 2 rings (SSSR count). The summed E-state index contributed by atoms with van der Waals surface area (Å²) in [6.07, 6.45) is 0. The second-order valence-electron chi connectivity index (χ2n) is 4.11. The maximum Gasteiger partial charge on any atom is 0.152 e. The molecule has 0 saturated heterocycles. The van der Waals surface area contributed by atoms with E-state index in [0.29, 0.717) is 6.54 Å². The standard InChI is InChI=1S/C14H12BrCl2NO2/c1-20-13-3-2-8(4-10(13)15)7-18-9-5-11(16)14(19)12(17)6-9/h2-6,18-19H,7H2,1H3. The fraction of sp³-hybridized carbons (Fsp3) is 0.143. The average molecular weight is 377 g/mol. The van der Waals surface area contributed by atoms with Gasteiger partial charge in [-0.05, 0) is 45.8 Å². The molecule has 106 valence electrons. The van der Waals surface area contributed by atoms with E-state index in [9.17, 15) is 5.11 Å². The van der Waals surface area contributed by atoms with E-state index in [0.717, 1.165) is 21.5 Å². The number of hydrogen-bond donors (Lipinski definition) is 2. The zero-order valence-corrected chi connectivity index (χ0v) is 13.7. The Morgan fingerprint density at radius 3 is 2.40 bits per heavy atom. The van der Waals surface area contributed by atoms with Gasteiger partial charge in [0.2, 0.25) is 0 Å². The Hall–Kier alpha value is -1.10. The molecule has 0 aliphatic carbocycles. The van der Waals surface area contributed by atoms with E-state index >= 15 is 0 Å². The molecular weight excluding hydrogens is 365 g/mol. The third-order valence-electron chi connectivity index (χ3n) is 2.73. The normalized spacial score (nSPS) is 10.4. The SMILES string of the molecule is COc1ccc(CNc2cc(Cl)c(O)c(Cl)c2)cc1Br. The minimum Gasteiger partial charge on any atom is -0.505 e. The summed E-state index contributed by atoms with van der Waals surface area (Å²) in [5.74, 6) is 0.676. The zero-order chi connectivity index (χ0) is 14.7. The van der Waals surface area contributed by atoms with E-state index < -0.39 is 0 Å². The molecule has 0 fully saturated rings. The molecule has 0 saturated carbocycles. The summed E-state index contributed by atoms with van der Waals surface area (Å²) in [6, 6.07) is 9.07. The van der Waals surface area contributed by atoms with Crippen molar-refractivity contribution in [1.29, 1.82) is 0 Å². The number of phenolic OH excluding ortho intramolecular Hbond substituents is 1. The highest BCUT2D eigenvalue weighted by molar-refractivity contribution is 9.10. The van der Waals surface area contributed by atoms with E-state index in [2.05, 4.69) is 21.2 Å². The van der Waals surface area contributed by atoms with Gasteiger partial charge in [-0.2, -0.15) is 0 Å². The molecule has 0 amide bonds. The van der Waals surface area contributed by atoms with Gasteiger partial charge in [-0.3, -0.25) is 0 Å². The van der Waals surface area contributed by atoms with Crippen molar-refractivity contribution in [3.05, 3.63) is 50.4 Å². The number of methoxy groups -OCH3 is 1. The molecule has 0 aliphatic heterocycles. The van der Waals surface area contributed by atoms with Crippen molar-refractivity contribution in [2.45, 2.75) is 6.54 Å². The van der Waals surface area contributed by atoms with Crippen molar-refractivity contribution in [2.24, 2.45) is 0 Å². The largest absolute Gasteiger partial charge is 0.505 e. The molecule has 0 aromatic heterocycles. The van der Waals surface area contributed by atoms with Gasteiger partial charge in [0.05, 0.1) is 21.6 Å². The van der Waals surface area contributed by atoms with Crippen molar-refractivity contribution in [2.75, 3.05) is 12.4 Å². The van der Waals surface area contributed by atoms with Gasteiger partial charge < -0.3 is 15.2 Å². The lowest BCUT2D eigenvalue weighted by Crippen LogP contribution is -1.99. The van der Waals surface area contributed by atoms with Crippen LogP contribution >= 0.6 is 39.1 Å². The molecule has 6 heteroatoms. The number of nitrogens with one attached hydrogen (secondary N) is 1. The van der Waals surface area contributed by atoms with Crippen LogP contribution in [0.15, 0.2) is 34.8 Å². The first kappa shape index (κ1) is 15.3. The van der Waals surface area contributed by atoms with Gasteiger partial charge in [-0.15, -0.1) is 0 Å². The number of halogens is 3. The number of ether oxygens (including phenoxy) is 1. The minimum atomic E-state index is -0.105. The lowest BCUT2D eigenvalue weighted by Gasteiger charge is -2.10. The van der Waals surface area contributed by atoms with Gasteiger partial charge in [0.15, 0.2) is 5.75 Å². The molecule has 2 aromatic rings. The molecule has 0 unspecified atom stereocenters. The Balaban J connectivity index is 2.11. The quantitative estimate of drug-likeness (QED) is 0.731. The van der Waals surface area contributed by atoms with Crippen LogP contribution < -0.4 is 10.1 Å². The minimum absolute atomic E-state index is 0.105. The lowest BCUT2D eigenvalue weighted by molar-refractivity contribution is 0.412. The average Bonchev–Trinajstić information content (AvgIpc) is 2.42. The van der Waals surface area contributed by atoms with Crippen LogP contribution in [0, 0.1) is 0 Å². The molecule has 2 N–H and O–H groups in total. The third kappa shape index (κ3) is 3.51. The topological polar surface area (TPSA) is 41.5 Å². The highest BCUT2D eigenvalue weighted by Gasteiger charge is 2.07. The fourth-order valence-electron chi connectivity index (χ4n) is 1.69. The number of benzene rings is 2. The molecule has 0 heterocycles. The number of aromatic hydroxyl groups is 1. The predicted molar refractivity (Wildman–Crippen MR) is 86.1 cm³/mol. The summed E-state index contributed by atoms with van der Waals surface area (Å²) in [6.45, 7) is 0.597. The maximum atomic E-state index is 9.50. The first-order valence-corrected chi connectivity index (χ1v) is 7.30. The second kappa shape index (κ2) is 6.57. The highest BCUT2D eigenvalue weighted by atomic mass is 79.9.